The zero-order chi connectivity index (χ0) is 23.3. The van der Waals surface area contributed by atoms with E-state index in [-0.39, 0.29) is 12.3 Å². The third-order valence-corrected chi connectivity index (χ3v) is 5.43. The van der Waals surface area contributed by atoms with Gasteiger partial charge in [-0.3, -0.25) is 4.79 Å². The van der Waals surface area contributed by atoms with Crippen molar-refractivity contribution in [3.63, 3.8) is 0 Å². The van der Waals surface area contributed by atoms with Gasteiger partial charge in [-0.1, -0.05) is 53.8 Å². The van der Waals surface area contributed by atoms with Crippen molar-refractivity contribution in [3.8, 4) is 16.9 Å². The minimum absolute atomic E-state index is 0.0187. The molecule has 4 aromatic rings. The fourth-order valence-corrected chi connectivity index (χ4v) is 3.83. The molecule has 0 radical (unpaired) electrons. The lowest BCUT2D eigenvalue weighted by Crippen LogP contribution is -2.16. The Bertz CT molecular complexity index is 1380. The molecule has 0 atom stereocenters. The number of hydrogen-bond donors (Lipinski definition) is 1. The molecule has 1 aliphatic carbocycles. The number of rotatable bonds is 6. The predicted molar refractivity (Wildman–Crippen MR) is 127 cm³/mol. The van der Waals surface area contributed by atoms with Crippen LogP contribution in [-0.2, 0) is 11.2 Å². The molecule has 0 aliphatic heterocycles. The van der Waals surface area contributed by atoms with E-state index >= 15 is 0 Å². The summed E-state index contributed by atoms with van der Waals surface area (Å²) in [5.41, 5.74) is 4.49. The molecule has 1 N–H and O–H groups in total. The number of nitrogens with one attached hydrogen (secondary N) is 1. The highest BCUT2D eigenvalue weighted by Crippen LogP contribution is 2.26. The summed E-state index contributed by atoms with van der Waals surface area (Å²) >= 11 is 0. The molecule has 1 aromatic carbocycles. The van der Waals surface area contributed by atoms with Crippen LogP contribution in [0.2, 0.25) is 0 Å². The number of nitrogens with zero attached hydrogens (tertiary/aromatic N) is 5. The number of hydrogen-bond acceptors (Lipinski definition) is 5. The molecule has 7 nitrogen and oxygen atoms in total. The van der Waals surface area contributed by atoms with Crippen molar-refractivity contribution in [2.75, 3.05) is 5.32 Å². The number of allylic oxidation sites excluding steroid dienone is 4. The van der Waals surface area contributed by atoms with Gasteiger partial charge in [0.1, 0.15) is 11.5 Å². The van der Waals surface area contributed by atoms with Crippen LogP contribution in [0, 0.1) is 5.95 Å². The largest absolute Gasteiger partial charge is 0.310 e. The lowest BCUT2D eigenvalue weighted by Gasteiger charge is -2.10. The summed E-state index contributed by atoms with van der Waals surface area (Å²) in [5.74, 6) is -0.443. The van der Waals surface area contributed by atoms with Crippen molar-refractivity contribution in [2.24, 2.45) is 0 Å². The van der Waals surface area contributed by atoms with Crippen LogP contribution in [0.1, 0.15) is 24.1 Å². The van der Waals surface area contributed by atoms with Crippen molar-refractivity contribution >= 4 is 17.3 Å². The Morgan fingerprint density at radius 2 is 1.91 bits per heavy atom. The third-order valence-electron chi connectivity index (χ3n) is 5.43. The Kier molecular flexibility index (Phi) is 6.03. The average molecular weight is 452 g/mol. The minimum atomic E-state index is -0.625. The topological polar surface area (TPSA) is 85.6 Å². The van der Waals surface area contributed by atoms with Crippen LogP contribution < -0.4 is 5.32 Å². The van der Waals surface area contributed by atoms with Crippen molar-refractivity contribution in [2.45, 2.75) is 19.3 Å². The molecule has 0 unspecified atom stereocenters. The molecule has 5 rings (SSSR count). The maximum atomic E-state index is 13.7. The minimum Gasteiger partial charge on any atom is -0.310 e. The van der Waals surface area contributed by atoms with E-state index in [2.05, 4.69) is 43.8 Å². The first-order valence-electron chi connectivity index (χ1n) is 10.9. The molecule has 8 heteroatoms. The van der Waals surface area contributed by atoms with Gasteiger partial charge in [0, 0.05) is 24.0 Å². The van der Waals surface area contributed by atoms with Gasteiger partial charge in [0.2, 0.25) is 11.9 Å². The Labute approximate surface area is 195 Å². The third kappa shape index (κ3) is 4.66. The fraction of sp³-hybridized carbons (Fsp3) is 0.115. The molecule has 0 bridgehead atoms. The van der Waals surface area contributed by atoms with Crippen molar-refractivity contribution in [1.82, 2.24) is 25.0 Å². The molecular formula is C26H21FN6O. The fourth-order valence-electron chi connectivity index (χ4n) is 3.83. The lowest BCUT2D eigenvalue weighted by molar-refractivity contribution is -0.115. The molecule has 34 heavy (non-hydrogen) atoms. The van der Waals surface area contributed by atoms with Crippen LogP contribution >= 0.6 is 0 Å². The summed E-state index contributed by atoms with van der Waals surface area (Å²) in [6.07, 6.45) is 11.6. The molecule has 0 spiro atoms. The second-order valence-corrected chi connectivity index (χ2v) is 7.80. The van der Waals surface area contributed by atoms with E-state index in [1.807, 2.05) is 36.4 Å². The van der Waals surface area contributed by atoms with Gasteiger partial charge in [0.25, 0.3) is 0 Å². The van der Waals surface area contributed by atoms with Gasteiger partial charge in [0.15, 0.2) is 0 Å². The Morgan fingerprint density at radius 1 is 1.03 bits per heavy atom. The number of benzene rings is 1. The van der Waals surface area contributed by atoms with E-state index in [0.29, 0.717) is 22.9 Å². The number of carbonyl (C=O) groups is 1. The number of halogens is 1. The summed E-state index contributed by atoms with van der Waals surface area (Å²) in [5, 5.41) is 11.2. The second kappa shape index (κ2) is 9.58. The molecule has 0 saturated carbocycles. The van der Waals surface area contributed by atoms with E-state index in [1.54, 1.807) is 18.3 Å². The summed E-state index contributed by atoms with van der Waals surface area (Å²) in [7, 11) is 0. The molecule has 0 fully saturated rings. The van der Waals surface area contributed by atoms with Crippen molar-refractivity contribution in [3.05, 3.63) is 102 Å². The van der Waals surface area contributed by atoms with Gasteiger partial charge in [0.05, 0.1) is 17.8 Å². The number of amides is 1. The number of pyridine rings is 2. The molecule has 0 saturated heterocycles. The van der Waals surface area contributed by atoms with Gasteiger partial charge < -0.3 is 5.32 Å². The van der Waals surface area contributed by atoms with Gasteiger partial charge >= 0.3 is 0 Å². The van der Waals surface area contributed by atoms with E-state index in [9.17, 15) is 9.18 Å². The number of aromatic nitrogens is 5. The van der Waals surface area contributed by atoms with E-state index < -0.39 is 5.95 Å². The smallest absolute Gasteiger partial charge is 0.231 e. The maximum absolute atomic E-state index is 13.7. The number of carbonyl (C=O) groups excluding carboxylic acids is 1. The highest BCUT2D eigenvalue weighted by atomic mass is 19.1. The SMILES string of the molecule is O=C(Cc1nnn(-c2ccnc(F)c2)c1-c1ccccc1)Nc1ccc(C2=CCCC=C2)cn1. The zero-order valence-electron chi connectivity index (χ0n) is 18.2. The molecule has 168 valence electrons. The summed E-state index contributed by atoms with van der Waals surface area (Å²) in [6, 6.07) is 16.1. The first kappa shape index (κ1) is 21.4. The molecule has 1 amide bonds. The Morgan fingerprint density at radius 3 is 2.65 bits per heavy atom. The Hall–Kier alpha value is -4.46. The van der Waals surface area contributed by atoms with E-state index in [0.717, 1.165) is 29.5 Å². The standard InChI is InChI=1S/C26H21FN6O/c27-23-15-21(13-14-28-23)33-26(19-9-5-2-6-10-19)22(31-32-33)16-25(34)30-24-12-11-20(17-29-24)18-7-3-1-4-8-18/h2-3,5-15,17H,1,4,16H2,(H,29,30,34). The van der Waals surface area contributed by atoms with Crippen LogP contribution in [0.3, 0.4) is 0 Å². The summed E-state index contributed by atoms with van der Waals surface area (Å²) < 4.78 is 15.3. The van der Waals surface area contributed by atoms with Crippen molar-refractivity contribution in [1.29, 1.82) is 0 Å². The highest BCUT2D eigenvalue weighted by Gasteiger charge is 2.19. The van der Waals surface area contributed by atoms with Crippen LogP contribution in [0.4, 0.5) is 10.2 Å². The quantitative estimate of drug-likeness (QED) is 0.426. The summed E-state index contributed by atoms with van der Waals surface area (Å²) in [6.45, 7) is 0. The van der Waals surface area contributed by atoms with Crippen molar-refractivity contribution < 1.29 is 9.18 Å². The van der Waals surface area contributed by atoms with Gasteiger partial charge in [-0.05, 0) is 42.2 Å². The van der Waals surface area contributed by atoms with Gasteiger partial charge in [-0.15, -0.1) is 5.10 Å². The van der Waals surface area contributed by atoms with Crippen LogP contribution in [0.5, 0.6) is 0 Å². The van der Waals surface area contributed by atoms with E-state index in [1.165, 1.54) is 16.9 Å². The first-order chi connectivity index (χ1) is 16.7. The van der Waals surface area contributed by atoms with E-state index in [4.69, 9.17) is 0 Å². The molecular weight excluding hydrogens is 431 g/mol. The molecule has 1 aliphatic rings. The molecule has 3 aromatic heterocycles. The molecule has 3 heterocycles. The Balaban J connectivity index is 1.38. The highest BCUT2D eigenvalue weighted by molar-refractivity contribution is 5.92. The normalized spacial score (nSPS) is 12.9. The van der Waals surface area contributed by atoms with Crippen LogP contribution in [0.25, 0.3) is 22.5 Å². The number of anilines is 1. The van der Waals surface area contributed by atoms with Crippen LogP contribution in [0.15, 0.2) is 85.2 Å². The lowest BCUT2D eigenvalue weighted by atomic mass is 10.0. The predicted octanol–water partition coefficient (Wildman–Crippen LogP) is 4.78. The monoisotopic (exact) mass is 452 g/mol. The maximum Gasteiger partial charge on any atom is 0.231 e. The average Bonchev–Trinajstić information content (AvgIpc) is 3.29. The van der Waals surface area contributed by atoms with Gasteiger partial charge in [-0.25, -0.2) is 14.6 Å². The van der Waals surface area contributed by atoms with Crippen LogP contribution in [-0.4, -0.2) is 30.9 Å². The zero-order valence-corrected chi connectivity index (χ0v) is 18.2. The summed E-state index contributed by atoms with van der Waals surface area (Å²) in [4.78, 5) is 20.8. The second-order valence-electron chi connectivity index (χ2n) is 7.80. The van der Waals surface area contributed by atoms with Gasteiger partial charge in [-0.2, -0.15) is 4.39 Å². The first-order valence-corrected chi connectivity index (χ1v) is 10.9.